The van der Waals surface area contributed by atoms with E-state index in [1.54, 1.807) is 18.3 Å². The second-order valence-electron chi connectivity index (χ2n) is 6.10. The molecule has 0 saturated carbocycles. The van der Waals surface area contributed by atoms with Crippen LogP contribution in [-0.4, -0.2) is 15.3 Å². The maximum Gasteiger partial charge on any atom is 0.142 e. The van der Waals surface area contributed by atoms with E-state index < -0.39 is 0 Å². The number of hydrogen-bond donors (Lipinski definition) is 0. The van der Waals surface area contributed by atoms with Crippen molar-refractivity contribution in [2.45, 2.75) is 25.5 Å². The minimum atomic E-state index is -0.253. The van der Waals surface area contributed by atoms with E-state index >= 15 is 0 Å². The molecule has 1 aliphatic rings. The average Bonchev–Trinajstić information content (AvgIpc) is 3.18. The summed E-state index contributed by atoms with van der Waals surface area (Å²) in [6.45, 7) is 0.308. The lowest BCUT2D eigenvalue weighted by atomic mass is 9.86. The smallest absolute Gasteiger partial charge is 0.142 e. The standard InChI is InChI=1S/C20H18FN3O/c21-17-8-5-15(6-9-17)13-25-23-20-18-4-2-1-3-16(18)7-10-19(20)24-12-11-22-14-24/h1-6,8-9,11-12,14,19H,7,10,13H2. The Morgan fingerprint density at radius 1 is 1.16 bits per heavy atom. The fourth-order valence-corrected chi connectivity index (χ4v) is 3.21. The van der Waals surface area contributed by atoms with Gasteiger partial charge in [0.15, 0.2) is 0 Å². The van der Waals surface area contributed by atoms with Gasteiger partial charge in [-0.15, -0.1) is 0 Å². The summed E-state index contributed by atoms with van der Waals surface area (Å²) in [6, 6.07) is 14.7. The minimum Gasteiger partial charge on any atom is -0.391 e. The summed E-state index contributed by atoms with van der Waals surface area (Å²) in [5.41, 5.74) is 4.19. The molecular formula is C20H18FN3O. The molecule has 25 heavy (non-hydrogen) atoms. The molecule has 1 aliphatic carbocycles. The molecule has 4 nitrogen and oxygen atoms in total. The first-order valence-electron chi connectivity index (χ1n) is 8.31. The Labute approximate surface area is 145 Å². The van der Waals surface area contributed by atoms with Gasteiger partial charge in [0.05, 0.1) is 12.4 Å². The van der Waals surface area contributed by atoms with Crippen molar-refractivity contribution in [1.29, 1.82) is 0 Å². The summed E-state index contributed by atoms with van der Waals surface area (Å²) < 4.78 is 15.1. The van der Waals surface area contributed by atoms with Gasteiger partial charge in [-0.25, -0.2) is 9.37 Å². The van der Waals surface area contributed by atoms with E-state index in [0.717, 1.165) is 29.7 Å². The Kier molecular flexibility index (Phi) is 4.29. The third-order valence-corrected chi connectivity index (χ3v) is 4.49. The lowest BCUT2D eigenvalue weighted by Gasteiger charge is -2.27. The first-order chi connectivity index (χ1) is 12.3. The third kappa shape index (κ3) is 3.31. The van der Waals surface area contributed by atoms with Gasteiger partial charge in [-0.05, 0) is 36.1 Å². The van der Waals surface area contributed by atoms with Crippen molar-refractivity contribution in [2.75, 3.05) is 0 Å². The van der Waals surface area contributed by atoms with Crippen molar-refractivity contribution in [3.8, 4) is 0 Å². The second-order valence-corrected chi connectivity index (χ2v) is 6.10. The van der Waals surface area contributed by atoms with Crippen LogP contribution in [0.2, 0.25) is 0 Å². The maximum atomic E-state index is 13.0. The molecule has 0 amide bonds. The predicted octanol–water partition coefficient (Wildman–Crippen LogP) is 4.13. The summed E-state index contributed by atoms with van der Waals surface area (Å²) in [7, 11) is 0. The van der Waals surface area contributed by atoms with Crippen LogP contribution in [0.1, 0.15) is 29.2 Å². The largest absolute Gasteiger partial charge is 0.391 e. The van der Waals surface area contributed by atoms with E-state index in [1.165, 1.54) is 17.7 Å². The van der Waals surface area contributed by atoms with Crippen LogP contribution in [0, 0.1) is 5.82 Å². The van der Waals surface area contributed by atoms with Crippen molar-refractivity contribution < 1.29 is 9.23 Å². The van der Waals surface area contributed by atoms with Gasteiger partial charge in [0.2, 0.25) is 0 Å². The Morgan fingerprint density at radius 2 is 2.00 bits per heavy atom. The van der Waals surface area contributed by atoms with Crippen molar-refractivity contribution in [1.82, 2.24) is 9.55 Å². The number of aryl methyl sites for hydroxylation is 1. The Morgan fingerprint density at radius 3 is 2.80 bits per heavy atom. The lowest BCUT2D eigenvalue weighted by molar-refractivity contribution is 0.129. The Hall–Kier alpha value is -2.95. The summed E-state index contributed by atoms with van der Waals surface area (Å²) in [5, 5.41) is 4.45. The van der Waals surface area contributed by atoms with E-state index in [9.17, 15) is 4.39 Å². The molecular weight excluding hydrogens is 317 g/mol. The van der Waals surface area contributed by atoms with Gasteiger partial charge in [0.1, 0.15) is 18.1 Å². The van der Waals surface area contributed by atoms with Crippen LogP contribution in [0.15, 0.2) is 72.4 Å². The molecule has 1 unspecified atom stereocenters. The fraction of sp³-hybridized carbons (Fsp3) is 0.200. The summed E-state index contributed by atoms with van der Waals surface area (Å²) in [4.78, 5) is 9.77. The number of hydrogen-bond acceptors (Lipinski definition) is 3. The highest BCUT2D eigenvalue weighted by molar-refractivity contribution is 6.05. The van der Waals surface area contributed by atoms with Crippen LogP contribution in [0.25, 0.3) is 0 Å². The molecule has 1 atom stereocenters. The zero-order valence-electron chi connectivity index (χ0n) is 13.7. The molecule has 0 radical (unpaired) electrons. The summed E-state index contributed by atoms with van der Waals surface area (Å²) >= 11 is 0. The Bertz CT molecular complexity index is 872. The molecule has 5 heteroatoms. The highest BCUT2D eigenvalue weighted by atomic mass is 19.1. The van der Waals surface area contributed by atoms with Gasteiger partial charge in [0, 0.05) is 18.0 Å². The molecule has 1 aromatic heterocycles. The van der Waals surface area contributed by atoms with Gasteiger partial charge >= 0.3 is 0 Å². The van der Waals surface area contributed by atoms with Gasteiger partial charge in [0.25, 0.3) is 0 Å². The molecule has 0 bridgehead atoms. The van der Waals surface area contributed by atoms with Crippen molar-refractivity contribution >= 4 is 5.71 Å². The molecule has 4 rings (SSSR count). The first kappa shape index (κ1) is 15.6. The molecule has 0 aliphatic heterocycles. The number of rotatable bonds is 4. The van der Waals surface area contributed by atoms with Crippen LogP contribution in [0.5, 0.6) is 0 Å². The van der Waals surface area contributed by atoms with E-state index in [4.69, 9.17) is 4.84 Å². The van der Waals surface area contributed by atoms with Crippen molar-refractivity contribution in [3.63, 3.8) is 0 Å². The maximum absolute atomic E-state index is 13.0. The molecule has 2 aromatic carbocycles. The molecule has 126 valence electrons. The van der Waals surface area contributed by atoms with E-state index in [-0.39, 0.29) is 11.9 Å². The highest BCUT2D eigenvalue weighted by Gasteiger charge is 2.27. The molecule has 1 heterocycles. The normalized spacial score (nSPS) is 18.1. The zero-order valence-corrected chi connectivity index (χ0v) is 13.7. The third-order valence-electron chi connectivity index (χ3n) is 4.49. The van der Waals surface area contributed by atoms with Crippen LogP contribution >= 0.6 is 0 Å². The van der Waals surface area contributed by atoms with Crippen molar-refractivity contribution in [2.24, 2.45) is 5.16 Å². The number of aromatic nitrogens is 2. The van der Waals surface area contributed by atoms with Crippen molar-refractivity contribution in [3.05, 3.63) is 89.8 Å². The molecule has 3 aromatic rings. The number of oxime groups is 1. The zero-order chi connectivity index (χ0) is 17.1. The summed E-state index contributed by atoms with van der Waals surface area (Å²) in [5.74, 6) is -0.253. The van der Waals surface area contributed by atoms with E-state index in [2.05, 4.69) is 26.8 Å². The first-order valence-corrected chi connectivity index (χ1v) is 8.31. The molecule has 0 spiro atoms. The van der Waals surface area contributed by atoms with Gasteiger partial charge in [-0.3, -0.25) is 0 Å². The number of fused-ring (bicyclic) bond motifs is 1. The second kappa shape index (κ2) is 6.89. The topological polar surface area (TPSA) is 39.4 Å². The van der Waals surface area contributed by atoms with Crippen LogP contribution < -0.4 is 0 Å². The average molecular weight is 335 g/mol. The number of benzene rings is 2. The number of halogens is 1. The Balaban J connectivity index is 1.61. The SMILES string of the molecule is Fc1ccc(CON=C2c3ccccc3CCC2n2ccnc2)cc1. The van der Waals surface area contributed by atoms with Gasteiger partial charge in [-0.1, -0.05) is 41.6 Å². The fourth-order valence-electron chi connectivity index (χ4n) is 3.21. The quantitative estimate of drug-likeness (QED) is 0.673. The van der Waals surface area contributed by atoms with Gasteiger partial charge in [-0.2, -0.15) is 0 Å². The summed E-state index contributed by atoms with van der Waals surface area (Å²) in [6.07, 6.45) is 7.49. The molecule has 0 fully saturated rings. The predicted molar refractivity (Wildman–Crippen MR) is 93.8 cm³/mol. The minimum absolute atomic E-state index is 0.102. The van der Waals surface area contributed by atoms with E-state index in [0.29, 0.717) is 6.61 Å². The van der Waals surface area contributed by atoms with Gasteiger partial charge < -0.3 is 9.40 Å². The van der Waals surface area contributed by atoms with Crippen LogP contribution in [-0.2, 0) is 17.9 Å². The molecule has 0 saturated heterocycles. The van der Waals surface area contributed by atoms with E-state index in [1.807, 2.05) is 24.7 Å². The monoisotopic (exact) mass is 335 g/mol. The number of imidazole rings is 1. The lowest BCUT2D eigenvalue weighted by Crippen LogP contribution is -2.26. The van der Waals surface area contributed by atoms with Crippen LogP contribution in [0.3, 0.4) is 0 Å². The van der Waals surface area contributed by atoms with Crippen LogP contribution in [0.4, 0.5) is 4.39 Å². The molecule has 0 N–H and O–H groups in total. The highest BCUT2D eigenvalue weighted by Crippen LogP contribution is 2.29. The number of nitrogens with zero attached hydrogens (tertiary/aromatic N) is 3.